The van der Waals surface area contributed by atoms with Crippen LogP contribution < -0.4 is 15.2 Å². The summed E-state index contributed by atoms with van der Waals surface area (Å²) in [7, 11) is 0. The van der Waals surface area contributed by atoms with Gasteiger partial charge in [-0.3, -0.25) is 9.59 Å². The summed E-state index contributed by atoms with van der Waals surface area (Å²) >= 11 is 0. The van der Waals surface area contributed by atoms with E-state index in [0.29, 0.717) is 17.9 Å². The molecular weight excluding hydrogens is 534 g/mol. The summed E-state index contributed by atoms with van der Waals surface area (Å²) in [5.41, 5.74) is 6.55. The van der Waals surface area contributed by atoms with Gasteiger partial charge in [0, 0.05) is 6.42 Å². The number of ether oxygens (including phenoxy) is 6. The third-order valence-electron chi connectivity index (χ3n) is 6.31. The van der Waals surface area contributed by atoms with E-state index >= 15 is 0 Å². The highest BCUT2D eigenvalue weighted by Gasteiger charge is 2.23. The molecule has 1 rings (SSSR count). The molecule has 11 heteroatoms. The molecule has 0 heterocycles. The molecule has 0 aliphatic carbocycles. The molecule has 0 aliphatic rings. The lowest BCUT2D eigenvalue weighted by atomic mass is 10.1. The Bertz CT molecular complexity index is 1010. The van der Waals surface area contributed by atoms with Crippen LogP contribution in [0.3, 0.4) is 0 Å². The zero-order valence-electron chi connectivity index (χ0n) is 25.8. The highest BCUT2D eigenvalue weighted by molar-refractivity contribution is 5.76. The molecule has 0 saturated heterocycles. The zero-order chi connectivity index (χ0) is 31.3. The molecule has 0 fully saturated rings. The number of benzene rings is 1. The molecule has 2 unspecified atom stereocenters. The Hall–Kier alpha value is -3.34. The third-order valence-corrected chi connectivity index (χ3v) is 6.31. The third kappa shape index (κ3) is 14.2. The maximum absolute atomic E-state index is 12.5. The Labute approximate surface area is 243 Å². The quantitative estimate of drug-likeness (QED) is 0.157. The monoisotopic (exact) mass is 581 g/mol. The number of hydrogen-bond acceptors (Lipinski definition) is 11. The molecule has 0 aromatic heterocycles. The summed E-state index contributed by atoms with van der Waals surface area (Å²) < 4.78 is 31.6. The lowest BCUT2D eigenvalue weighted by Gasteiger charge is -2.19. The maximum atomic E-state index is 12.5. The van der Waals surface area contributed by atoms with Crippen molar-refractivity contribution in [3.8, 4) is 11.5 Å². The van der Waals surface area contributed by atoms with Gasteiger partial charge in [0.1, 0.15) is 31.0 Å². The van der Waals surface area contributed by atoms with Crippen LogP contribution in [-0.2, 0) is 35.0 Å². The van der Waals surface area contributed by atoms with Crippen LogP contribution in [0.4, 0.5) is 9.59 Å². The lowest BCUT2D eigenvalue weighted by molar-refractivity contribution is -0.158. The Kier molecular flexibility index (Phi) is 15.2. The van der Waals surface area contributed by atoms with Crippen molar-refractivity contribution < 1.29 is 47.6 Å². The largest absolute Gasteiger partial charge is 0.514 e. The van der Waals surface area contributed by atoms with Gasteiger partial charge in [0.25, 0.3) is 0 Å². The molecule has 4 atom stereocenters. The van der Waals surface area contributed by atoms with Crippen molar-refractivity contribution in [1.29, 1.82) is 0 Å². The predicted molar refractivity (Wildman–Crippen MR) is 152 cm³/mol. The molecule has 1 aromatic carbocycles. The summed E-state index contributed by atoms with van der Waals surface area (Å²) in [6, 6.07) is 3.32. The summed E-state index contributed by atoms with van der Waals surface area (Å²) in [5.74, 6) is -0.758. The van der Waals surface area contributed by atoms with Crippen LogP contribution in [0.5, 0.6) is 11.5 Å². The Morgan fingerprint density at radius 2 is 1.29 bits per heavy atom. The molecule has 0 spiro atoms. The lowest BCUT2D eigenvalue weighted by Crippen LogP contribution is -2.36. The van der Waals surface area contributed by atoms with Crippen LogP contribution >= 0.6 is 0 Å². The van der Waals surface area contributed by atoms with E-state index in [-0.39, 0.29) is 48.8 Å². The second-order valence-electron chi connectivity index (χ2n) is 11.3. The molecule has 0 radical (unpaired) electrons. The standard InChI is InChI=1S/C30H47NO10/c1-17(2)10-13-27(32)37-20(7)16-36-28(33)24(31)14-23-11-12-25(40-29(34)38-21(8)18(3)4)26(15-23)41-30(35)39-22(9)19(5)6/h11-12,15,17-22,24H,10,13-14,16,31H2,1-9H3/t20-,21?,22?,24-/m0/s1. The average Bonchev–Trinajstić information content (AvgIpc) is 2.87. The van der Waals surface area contributed by atoms with Crippen molar-refractivity contribution in [2.75, 3.05) is 6.61 Å². The van der Waals surface area contributed by atoms with Gasteiger partial charge in [0.2, 0.25) is 0 Å². The van der Waals surface area contributed by atoms with Gasteiger partial charge in [-0.15, -0.1) is 0 Å². The average molecular weight is 582 g/mol. The molecule has 0 aliphatic heterocycles. The maximum Gasteiger partial charge on any atom is 0.514 e. The predicted octanol–water partition coefficient (Wildman–Crippen LogP) is 5.59. The van der Waals surface area contributed by atoms with E-state index in [4.69, 9.17) is 34.2 Å². The number of rotatable bonds is 15. The second kappa shape index (κ2) is 17.5. The van der Waals surface area contributed by atoms with E-state index in [9.17, 15) is 19.2 Å². The van der Waals surface area contributed by atoms with Gasteiger partial charge in [-0.05, 0) is 69.1 Å². The molecule has 11 nitrogen and oxygen atoms in total. The topological polar surface area (TPSA) is 150 Å². The van der Waals surface area contributed by atoms with E-state index in [0.717, 1.165) is 0 Å². The summed E-state index contributed by atoms with van der Waals surface area (Å²) in [6.45, 7) is 16.5. The zero-order valence-corrected chi connectivity index (χ0v) is 25.8. The first-order chi connectivity index (χ1) is 19.1. The van der Waals surface area contributed by atoms with E-state index < -0.39 is 42.6 Å². The Morgan fingerprint density at radius 3 is 1.80 bits per heavy atom. The van der Waals surface area contributed by atoms with Gasteiger partial charge in [-0.1, -0.05) is 47.6 Å². The number of hydrogen-bond donors (Lipinski definition) is 1. The fourth-order valence-electron chi connectivity index (χ4n) is 3.01. The minimum atomic E-state index is -1.07. The van der Waals surface area contributed by atoms with Crippen molar-refractivity contribution in [3.05, 3.63) is 23.8 Å². The van der Waals surface area contributed by atoms with E-state index in [1.165, 1.54) is 12.1 Å². The number of carbonyl (C=O) groups excluding carboxylic acids is 4. The molecule has 232 valence electrons. The highest BCUT2D eigenvalue weighted by Crippen LogP contribution is 2.30. The van der Waals surface area contributed by atoms with Crippen LogP contribution in [0.1, 0.15) is 80.7 Å². The fraction of sp³-hybridized carbons (Fsp3) is 0.667. The fourth-order valence-corrected chi connectivity index (χ4v) is 3.01. The highest BCUT2D eigenvalue weighted by atomic mass is 16.8. The smallest absolute Gasteiger partial charge is 0.461 e. The van der Waals surface area contributed by atoms with Crippen LogP contribution in [0, 0.1) is 17.8 Å². The van der Waals surface area contributed by atoms with Crippen LogP contribution in [0.2, 0.25) is 0 Å². The molecule has 2 N–H and O–H groups in total. The van der Waals surface area contributed by atoms with E-state index in [2.05, 4.69) is 0 Å². The first-order valence-electron chi connectivity index (χ1n) is 14.1. The molecular formula is C30H47NO10. The summed E-state index contributed by atoms with van der Waals surface area (Å²) in [4.78, 5) is 49.1. The summed E-state index contributed by atoms with van der Waals surface area (Å²) in [5, 5.41) is 0. The van der Waals surface area contributed by atoms with Crippen LogP contribution in [0.25, 0.3) is 0 Å². The molecule has 0 bridgehead atoms. The number of esters is 2. The van der Waals surface area contributed by atoms with Crippen LogP contribution in [-0.4, -0.2) is 55.2 Å². The van der Waals surface area contributed by atoms with Crippen LogP contribution in [0.15, 0.2) is 18.2 Å². The first kappa shape index (κ1) is 35.7. The minimum absolute atomic E-state index is 0.0182. The second-order valence-corrected chi connectivity index (χ2v) is 11.3. The van der Waals surface area contributed by atoms with Gasteiger partial charge in [-0.25, -0.2) is 9.59 Å². The number of carbonyl (C=O) groups is 4. The molecule has 1 aromatic rings. The van der Waals surface area contributed by atoms with E-state index in [1.54, 1.807) is 26.8 Å². The Balaban J connectivity index is 2.90. The van der Waals surface area contributed by atoms with Crippen molar-refractivity contribution >= 4 is 24.2 Å². The molecule has 0 amide bonds. The van der Waals surface area contributed by atoms with Gasteiger partial charge in [0.15, 0.2) is 11.5 Å². The van der Waals surface area contributed by atoms with Crippen molar-refractivity contribution in [3.63, 3.8) is 0 Å². The normalized spacial score (nSPS) is 14.2. The first-order valence-corrected chi connectivity index (χ1v) is 14.1. The summed E-state index contributed by atoms with van der Waals surface area (Å²) in [6.07, 6.45) is -2.39. The van der Waals surface area contributed by atoms with Gasteiger partial charge in [-0.2, -0.15) is 0 Å². The Morgan fingerprint density at radius 1 is 0.756 bits per heavy atom. The van der Waals surface area contributed by atoms with Gasteiger partial charge < -0.3 is 34.2 Å². The minimum Gasteiger partial charge on any atom is -0.461 e. The van der Waals surface area contributed by atoms with Gasteiger partial charge in [0.05, 0.1) is 0 Å². The van der Waals surface area contributed by atoms with E-state index in [1.807, 2.05) is 41.5 Å². The van der Waals surface area contributed by atoms with Crippen molar-refractivity contribution in [2.24, 2.45) is 23.5 Å². The SMILES string of the molecule is CC(C)CCC(=O)O[C@@H](C)COC(=O)[C@@H](N)Cc1ccc(OC(=O)OC(C)C(C)C)c(OC(=O)OC(C)C(C)C)c1. The van der Waals surface area contributed by atoms with Crippen molar-refractivity contribution in [2.45, 2.75) is 106 Å². The van der Waals surface area contributed by atoms with Crippen molar-refractivity contribution in [1.82, 2.24) is 0 Å². The molecule has 0 saturated carbocycles. The number of nitrogens with two attached hydrogens (primary N) is 1. The molecule has 41 heavy (non-hydrogen) atoms. The van der Waals surface area contributed by atoms with Gasteiger partial charge >= 0.3 is 24.2 Å².